The molecule has 0 radical (unpaired) electrons. The summed E-state index contributed by atoms with van der Waals surface area (Å²) in [5.74, 6) is 0.293. The minimum absolute atomic E-state index is 0.0644. The molecule has 0 bridgehead atoms. The van der Waals surface area contributed by atoms with Crippen molar-refractivity contribution in [2.75, 3.05) is 11.9 Å². The maximum atomic E-state index is 13.2. The van der Waals surface area contributed by atoms with Gasteiger partial charge in [-0.15, -0.1) is 0 Å². The molecule has 2 aromatic carbocycles. The molecule has 3 N–H and O–H groups in total. The van der Waals surface area contributed by atoms with Crippen molar-refractivity contribution in [2.24, 2.45) is 11.8 Å². The summed E-state index contributed by atoms with van der Waals surface area (Å²) < 4.78 is 39.6. The quantitative estimate of drug-likeness (QED) is 0.610. The summed E-state index contributed by atoms with van der Waals surface area (Å²) in [7, 11) is 0. The molecule has 3 unspecified atom stereocenters. The van der Waals surface area contributed by atoms with E-state index in [9.17, 15) is 23.4 Å². The van der Waals surface area contributed by atoms with E-state index < -0.39 is 11.7 Å². The molecule has 0 saturated carbocycles. The summed E-state index contributed by atoms with van der Waals surface area (Å²) in [4.78, 5) is 0. The van der Waals surface area contributed by atoms with E-state index >= 15 is 0 Å². The van der Waals surface area contributed by atoms with Gasteiger partial charge in [-0.2, -0.15) is 13.2 Å². The van der Waals surface area contributed by atoms with Crippen LogP contribution in [0.1, 0.15) is 55.3 Å². The molecule has 0 amide bonds. The van der Waals surface area contributed by atoms with E-state index in [0.29, 0.717) is 11.3 Å². The van der Waals surface area contributed by atoms with Crippen molar-refractivity contribution in [3.63, 3.8) is 0 Å². The van der Waals surface area contributed by atoms with Crippen molar-refractivity contribution in [2.45, 2.75) is 44.8 Å². The zero-order valence-corrected chi connectivity index (χ0v) is 16.0. The molecule has 2 aromatic rings. The molecule has 0 fully saturated rings. The molecule has 28 heavy (non-hydrogen) atoms. The molecule has 3 nitrogen and oxygen atoms in total. The van der Waals surface area contributed by atoms with Crippen LogP contribution in [0.2, 0.25) is 0 Å². The van der Waals surface area contributed by atoms with Gasteiger partial charge in [0.1, 0.15) is 5.75 Å². The molecule has 0 spiro atoms. The lowest BCUT2D eigenvalue weighted by Crippen LogP contribution is -2.31. The van der Waals surface area contributed by atoms with Gasteiger partial charge < -0.3 is 15.5 Å². The number of phenolic OH excluding ortho intramolecular Hbond substituents is 1. The van der Waals surface area contributed by atoms with Gasteiger partial charge in [0.25, 0.3) is 0 Å². The molecule has 1 aliphatic heterocycles. The largest absolute Gasteiger partial charge is 0.508 e. The number of halogens is 3. The lowest BCUT2D eigenvalue weighted by Gasteiger charge is -2.40. The van der Waals surface area contributed by atoms with Crippen LogP contribution in [0.5, 0.6) is 5.75 Å². The first-order valence-corrected chi connectivity index (χ1v) is 9.58. The number of anilines is 1. The summed E-state index contributed by atoms with van der Waals surface area (Å²) in [6.45, 7) is 4.03. The van der Waals surface area contributed by atoms with Crippen LogP contribution in [0, 0.1) is 11.8 Å². The lowest BCUT2D eigenvalue weighted by molar-refractivity contribution is -0.137. The third-order valence-electron chi connectivity index (χ3n) is 5.81. The van der Waals surface area contributed by atoms with Gasteiger partial charge in [0.15, 0.2) is 0 Å². The first-order chi connectivity index (χ1) is 13.2. The summed E-state index contributed by atoms with van der Waals surface area (Å²) in [5.41, 5.74) is 1.74. The number of aliphatic hydroxyl groups is 1. The van der Waals surface area contributed by atoms with Crippen molar-refractivity contribution in [1.82, 2.24) is 0 Å². The maximum Gasteiger partial charge on any atom is 0.416 e. The Bertz CT molecular complexity index is 804. The number of hydrogen-bond donors (Lipinski definition) is 3. The Labute approximate surface area is 163 Å². The first-order valence-electron chi connectivity index (χ1n) is 9.58. The van der Waals surface area contributed by atoms with Crippen molar-refractivity contribution < 1.29 is 23.4 Å². The fourth-order valence-corrected chi connectivity index (χ4v) is 4.04. The van der Waals surface area contributed by atoms with Crippen LogP contribution in [-0.2, 0) is 6.18 Å². The number of hydrogen-bond acceptors (Lipinski definition) is 3. The smallest absolute Gasteiger partial charge is 0.416 e. The van der Waals surface area contributed by atoms with E-state index in [2.05, 4.69) is 5.32 Å². The molecule has 0 aliphatic carbocycles. The first kappa shape index (κ1) is 20.5. The standard InChI is InChI=1S/C22H26F3NO2/c1-13(12-27)3-9-18-14(2)19-11-16(22(23,24)25)6-10-20(19)26-21(18)15-4-7-17(28)8-5-15/h4-8,10-11,13-14,18,21,26-28H,3,9,12H2,1-2H3/t13?,14?,18?,21-/m0/s1. The van der Waals surface area contributed by atoms with Gasteiger partial charge in [-0.25, -0.2) is 0 Å². The molecule has 1 heterocycles. The number of nitrogens with one attached hydrogen (secondary N) is 1. The molecular weight excluding hydrogens is 367 g/mol. The number of aromatic hydroxyl groups is 1. The molecule has 0 aromatic heterocycles. The Morgan fingerprint density at radius 1 is 1.11 bits per heavy atom. The minimum atomic E-state index is -4.37. The lowest BCUT2D eigenvalue weighted by atomic mass is 9.73. The Morgan fingerprint density at radius 3 is 2.39 bits per heavy atom. The molecule has 0 saturated heterocycles. The van der Waals surface area contributed by atoms with Crippen LogP contribution in [-0.4, -0.2) is 16.8 Å². The summed E-state index contributed by atoms with van der Waals surface area (Å²) in [5, 5.41) is 22.4. The highest BCUT2D eigenvalue weighted by molar-refractivity contribution is 5.59. The zero-order chi connectivity index (χ0) is 20.5. The Morgan fingerprint density at radius 2 is 1.79 bits per heavy atom. The highest BCUT2D eigenvalue weighted by Crippen LogP contribution is 2.48. The summed E-state index contributed by atoms with van der Waals surface area (Å²) >= 11 is 0. The number of fused-ring (bicyclic) bond motifs is 1. The fraction of sp³-hybridized carbons (Fsp3) is 0.455. The molecule has 152 valence electrons. The number of benzene rings is 2. The second-order valence-corrected chi connectivity index (χ2v) is 7.83. The number of aliphatic hydroxyl groups excluding tert-OH is 1. The van der Waals surface area contributed by atoms with Crippen LogP contribution in [0.25, 0.3) is 0 Å². The SMILES string of the molecule is CC(CO)CCC1C(C)c2cc(C(F)(F)F)ccc2N[C@H]1c1ccc(O)cc1. The van der Waals surface area contributed by atoms with E-state index in [0.717, 1.165) is 24.5 Å². The summed E-state index contributed by atoms with van der Waals surface area (Å²) in [6, 6.07) is 10.7. The monoisotopic (exact) mass is 393 g/mol. The van der Waals surface area contributed by atoms with Gasteiger partial charge >= 0.3 is 6.18 Å². The minimum Gasteiger partial charge on any atom is -0.508 e. The Hall–Kier alpha value is -2.21. The van der Waals surface area contributed by atoms with E-state index in [1.165, 1.54) is 12.1 Å². The number of rotatable bonds is 5. The Kier molecular flexibility index (Phi) is 5.89. The average molecular weight is 393 g/mol. The normalized spacial score (nSPS) is 23.0. The highest BCUT2D eigenvalue weighted by atomic mass is 19.4. The second-order valence-electron chi connectivity index (χ2n) is 7.83. The van der Waals surface area contributed by atoms with Crippen molar-refractivity contribution >= 4 is 5.69 Å². The van der Waals surface area contributed by atoms with Gasteiger partial charge in [0.05, 0.1) is 11.6 Å². The van der Waals surface area contributed by atoms with E-state index in [4.69, 9.17) is 0 Å². The van der Waals surface area contributed by atoms with Crippen molar-refractivity contribution in [1.29, 1.82) is 0 Å². The van der Waals surface area contributed by atoms with E-state index in [1.807, 2.05) is 26.0 Å². The van der Waals surface area contributed by atoms with Crippen LogP contribution in [0.15, 0.2) is 42.5 Å². The fourth-order valence-electron chi connectivity index (χ4n) is 4.04. The predicted molar refractivity (Wildman–Crippen MR) is 103 cm³/mol. The molecular formula is C22H26F3NO2. The van der Waals surface area contributed by atoms with Gasteiger partial charge in [-0.05, 0) is 72.1 Å². The second kappa shape index (κ2) is 8.03. The van der Waals surface area contributed by atoms with E-state index in [1.54, 1.807) is 12.1 Å². The summed E-state index contributed by atoms with van der Waals surface area (Å²) in [6.07, 6.45) is -2.81. The van der Waals surface area contributed by atoms with Gasteiger partial charge in [-0.1, -0.05) is 26.0 Å². The maximum absolute atomic E-state index is 13.2. The molecule has 1 aliphatic rings. The van der Waals surface area contributed by atoms with Crippen LogP contribution < -0.4 is 5.32 Å². The highest BCUT2D eigenvalue weighted by Gasteiger charge is 2.37. The third-order valence-corrected chi connectivity index (χ3v) is 5.81. The number of phenols is 1. The topological polar surface area (TPSA) is 52.5 Å². The molecule has 4 atom stereocenters. The van der Waals surface area contributed by atoms with Gasteiger partial charge in [0.2, 0.25) is 0 Å². The average Bonchev–Trinajstić information content (AvgIpc) is 2.66. The zero-order valence-electron chi connectivity index (χ0n) is 16.0. The number of alkyl halides is 3. The molecule has 6 heteroatoms. The van der Waals surface area contributed by atoms with Crippen LogP contribution in [0.4, 0.5) is 18.9 Å². The molecule has 3 rings (SSSR count). The van der Waals surface area contributed by atoms with Crippen molar-refractivity contribution in [3.8, 4) is 5.75 Å². The van der Waals surface area contributed by atoms with Crippen LogP contribution in [0.3, 0.4) is 0 Å². The van der Waals surface area contributed by atoms with Gasteiger partial charge in [-0.3, -0.25) is 0 Å². The van der Waals surface area contributed by atoms with Crippen molar-refractivity contribution in [3.05, 3.63) is 59.2 Å². The predicted octanol–water partition coefficient (Wildman–Crippen LogP) is 5.71. The van der Waals surface area contributed by atoms with Crippen LogP contribution >= 0.6 is 0 Å². The van der Waals surface area contributed by atoms with Gasteiger partial charge in [0, 0.05) is 12.3 Å². The van der Waals surface area contributed by atoms with E-state index in [-0.39, 0.29) is 36.2 Å². The third kappa shape index (κ3) is 4.27. The Balaban J connectivity index is 1.98.